The molecule has 1 aromatic rings. The van der Waals surface area contributed by atoms with Crippen LogP contribution in [0.2, 0.25) is 0 Å². The summed E-state index contributed by atoms with van der Waals surface area (Å²) in [6.45, 7) is 6.78. The zero-order chi connectivity index (χ0) is 16.8. The number of amides is 2. The summed E-state index contributed by atoms with van der Waals surface area (Å²) in [7, 11) is 3.49. The lowest BCUT2D eigenvalue weighted by atomic mass is 10.0. The molecule has 1 aromatic heterocycles. The van der Waals surface area contributed by atoms with E-state index in [0.29, 0.717) is 13.2 Å². The summed E-state index contributed by atoms with van der Waals surface area (Å²) in [6.07, 6.45) is 1.88. The Labute approximate surface area is 138 Å². The molecule has 2 amide bonds. The van der Waals surface area contributed by atoms with Crippen LogP contribution in [0.15, 0.2) is 6.07 Å². The second-order valence-electron chi connectivity index (χ2n) is 5.97. The van der Waals surface area contributed by atoms with Gasteiger partial charge in [-0.2, -0.15) is 0 Å². The number of hydrogen-bond donors (Lipinski definition) is 1. The highest BCUT2D eigenvalue weighted by Gasteiger charge is 2.26. The zero-order valence-corrected chi connectivity index (χ0v) is 14.5. The molecule has 0 unspecified atom stereocenters. The Morgan fingerprint density at radius 3 is 2.70 bits per heavy atom. The van der Waals surface area contributed by atoms with Gasteiger partial charge in [-0.05, 0) is 26.7 Å². The van der Waals surface area contributed by atoms with E-state index in [1.807, 2.05) is 31.9 Å². The van der Waals surface area contributed by atoms with Gasteiger partial charge >= 0.3 is 6.03 Å². The van der Waals surface area contributed by atoms with Gasteiger partial charge in [-0.15, -0.1) is 0 Å². The van der Waals surface area contributed by atoms with E-state index in [-0.39, 0.29) is 12.1 Å². The molecular weight excluding hydrogens is 294 g/mol. The number of methoxy groups -OCH3 is 1. The maximum atomic E-state index is 12.1. The van der Waals surface area contributed by atoms with Gasteiger partial charge in [-0.1, -0.05) is 0 Å². The summed E-state index contributed by atoms with van der Waals surface area (Å²) in [6, 6.07) is 2.25. The molecule has 0 aliphatic carbocycles. The Morgan fingerprint density at radius 1 is 1.39 bits per heavy atom. The van der Waals surface area contributed by atoms with Crippen molar-refractivity contribution in [3.8, 4) is 0 Å². The summed E-state index contributed by atoms with van der Waals surface area (Å²) >= 11 is 0. The molecule has 1 aliphatic heterocycles. The van der Waals surface area contributed by atoms with Crippen molar-refractivity contribution in [1.82, 2.24) is 20.2 Å². The van der Waals surface area contributed by atoms with Crippen LogP contribution in [0.5, 0.6) is 0 Å². The van der Waals surface area contributed by atoms with E-state index in [4.69, 9.17) is 4.74 Å². The van der Waals surface area contributed by atoms with E-state index in [1.165, 1.54) is 0 Å². The number of ether oxygens (including phenoxy) is 1. The van der Waals surface area contributed by atoms with Crippen LogP contribution in [-0.4, -0.2) is 67.3 Å². The standard InChI is InChI=1S/C16H27N5O2/c1-12-11-15(19-13(2)18-12)21-8-5-14(6-9-21)20(3)16(22)17-7-10-23-4/h11,14H,5-10H2,1-4H3,(H,17,22). The minimum absolute atomic E-state index is 0.0331. The number of carbonyl (C=O) groups is 1. The predicted octanol–water partition coefficient (Wildman–Crippen LogP) is 1.35. The molecule has 7 nitrogen and oxygen atoms in total. The quantitative estimate of drug-likeness (QED) is 0.829. The molecule has 23 heavy (non-hydrogen) atoms. The Bertz CT molecular complexity index is 509. The molecule has 0 spiro atoms. The fourth-order valence-electron chi connectivity index (χ4n) is 2.89. The van der Waals surface area contributed by atoms with Crippen molar-refractivity contribution in [2.24, 2.45) is 0 Å². The van der Waals surface area contributed by atoms with Gasteiger partial charge in [0.05, 0.1) is 6.61 Å². The molecule has 0 aromatic carbocycles. The molecule has 2 heterocycles. The van der Waals surface area contributed by atoms with Crippen LogP contribution in [-0.2, 0) is 4.74 Å². The number of rotatable bonds is 5. The molecule has 0 atom stereocenters. The van der Waals surface area contributed by atoms with Gasteiger partial charge in [0.1, 0.15) is 11.6 Å². The normalized spacial score (nSPS) is 15.6. The maximum Gasteiger partial charge on any atom is 0.317 e. The number of urea groups is 1. The molecule has 1 saturated heterocycles. The monoisotopic (exact) mass is 321 g/mol. The second kappa shape index (κ2) is 8.10. The number of hydrogen-bond acceptors (Lipinski definition) is 5. The predicted molar refractivity (Wildman–Crippen MR) is 89.8 cm³/mol. The van der Waals surface area contributed by atoms with Crippen molar-refractivity contribution in [3.63, 3.8) is 0 Å². The average molecular weight is 321 g/mol. The molecule has 0 saturated carbocycles. The minimum Gasteiger partial charge on any atom is -0.383 e. The smallest absolute Gasteiger partial charge is 0.317 e. The van der Waals surface area contributed by atoms with Crippen LogP contribution < -0.4 is 10.2 Å². The van der Waals surface area contributed by atoms with Crippen molar-refractivity contribution in [2.45, 2.75) is 32.7 Å². The largest absolute Gasteiger partial charge is 0.383 e. The third-order valence-corrected chi connectivity index (χ3v) is 4.19. The third-order valence-electron chi connectivity index (χ3n) is 4.19. The van der Waals surface area contributed by atoms with Gasteiger partial charge in [-0.25, -0.2) is 14.8 Å². The molecular formula is C16H27N5O2. The van der Waals surface area contributed by atoms with Gasteiger partial charge < -0.3 is 19.9 Å². The molecule has 128 valence electrons. The highest BCUT2D eigenvalue weighted by atomic mass is 16.5. The lowest BCUT2D eigenvalue weighted by Crippen LogP contribution is -2.49. The van der Waals surface area contributed by atoms with Crippen LogP contribution in [0.3, 0.4) is 0 Å². The number of carbonyl (C=O) groups excluding carboxylic acids is 1. The Balaban J connectivity index is 1.86. The average Bonchev–Trinajstić information content (AvgIpc) is 2.53. The summed E-state index contributed by atoms with van der Waals surface area (Å²) in [4.78, 5) is 25.0. The van der Waals surface area contributed by atoms with Gasteiger partial charge in [0, 0.05) is 51.6 Å². The third kappa shape index (κ3) is 4.79. The number of aryl methyl sites for hydroxylation is 2. The van der Waals surface area contributed by atoms with Gasteiger partial charge in [0.15, 0.2) is 0 Å². The van der Waals surface area contributed by atoms with Crippen molar-refractivity contribution >= 4 is 11.8 Å². The molecule has 0 radical (unpaired) electrons. The second-order valence-corrected chi connectivity index (χ2v) is 5.97. The number of nitrogens with one attached hydrogen (secondary N) is 1. The van der Waals surface area contributed by atoms with Crippen LogP contribution in [0, 0.1) is 13.8 Å². The first-order valence-electron chi connectivity index (χ1n) is 8.08. The van der Waals surface area contributed by atoms with Gasteiger partial charge in [0.25, 0.3) is 0 Å². The van der Waals surface area contributed by atoms with E-state index in [9.17, 15) is 4.79 Å². The van der Waals surface area contributed by atoms with E-state index < -0.39 is 0 Å². The Kier molecular flexibility index (Phi) is 6.15. The molecule has 1 fully saturated rings. The van der Waals surface area contributed by atoms with E-state index >= 15 is 0 Å². The van der Waals surface area contributed by atoms with Crippen LogP contribution >= 0.6 is 0 Å². The topological polar surface area (TPSA) is 70.6 Å². The first kappa shape index (κ1) is 17.5. The van der Waals surface area contributed by atoms with Crippen molar-refractivity contribution < 1.29 is 9.53 Å². The molecule has 0 bridgehead atoms. The fraction of sp³-hybridized carbons (Fsp3) is 0.688. The number of anilines is 1. The first-order valence-corrected chi connectivity index (χ1v) is 8.08. The zero-order valence-electron chi connectivity index (χ0n) is 14.5. The van der Waals surface area contributed by atoms with Gasteiger partial charge in [-0.3, -0.25) is 0 Å². The minimum atomic E-state index is -0.0331. The van der Waals surface area contributed by atoms with Crippen molar-refractivity contribution in [1.29, 1.82) is 0 Å². The highest BCUT2D eigenvalue weighted by Crippen LogP contribution is 2.21. The number of piperidine rings is 1. The van der Waals surface area contributed by atoms with Crippen LogP contribution in [0.1, 0.15) is 24.4 Å². The Hall–Kier alpha value is -1.89. The highest BCUT2D eigenvalue weighted by molar-refractivity contribution is 5.74. The maximum absolute atomic E-state index is 12.1. The van der Waals surface area contributed by atoms with Gasteiger partial charge in [0.2, 0.25) is 0 Å². The van der Waals surface area contributed by atoms with Crippen LogP contribution in [0.25, 0.3) is 0 Å². The summed E-state index contributed by atoms with van der Waals surface area (Å²) in [5, 5.41) is 2.87. The summed E-state index contributed by atoms with van der Waals surface area (Å²) in [5.74, 6) is 1.79. The molecule has 2 rings (SSSR count). The summed E-state index contributed by atoms with van der Waals surface area (Å²) < 4.78 is 4.95. The van der Waals surface area contributed by atoms with Crippen molar-refractivity contribution in [3.05, 3.63) is 17.6 Å². The van der Waals surface area contributed by atoms with E-state index in [0.717, 1.165) is 43.3 Å². The molecule has 1 aliphatic rings. The molecule has 7 heteroatoms. The molecule has 1 N–H and O–H groups in total. The summed E-state index contributed by atoms with van der Waals surface area (Å²) in [5.41, 5.74) is 0.990. The van der Waals surface area contributed by atoms with E-state index in [2.05, 4.69) is 20.2 Å². The lowest BCUT2D eigenvalue weighted by Gasteiger charge is -2.37. The Morgan fingerprint density at radius 2 is 2.09 bits per heavy atom. The van der Waals surface area contributed by atoms with E-state index in [1.54, 1.807) is 7.11 Å². The fourth-order valence-corrected chi connectivity index (χ4v) is 2.89. The van der Waals surface area contributed by atoms with Crippen molar-refractivity contribution in [2.75, 3.05) is 45.3 Å². The number of aromatic nitrogens is 2. The first-order chi connectivity index (χ1) is 11.0. The van der Waals surface area contributed by atoms with Crippen LogP contribution in [0.4, 0.5) is 10.6 Å². The lowest BCUT2D eigenvalue weighted by molar-refractivity contribution is 0.168. The number of nitrogens with zero attached hydrogens (tertiary/aromatic N) is 4. The SMILES string of the molecule is COCCNC(=O)N(C)C1CCN(c2cc(C)nc(C)n2)CC1.